The van der Waals surface area contributed by atoms with Crippen molar-refractivity contribution in [2.45, 2.75) is 25.7 Å². The van der Waals surface area contributed by atoms with Crippen molar-refractivity contribution in [3.05, 3.63) is 48.0 Å². The minimum absolute atomic E-state index is 0.0795. The van der Waals surface area contributed by atoms with Gasteiger partial charge in [-0.15, -0.1) is 0 Å². The third kappa shape index (κ3) is 5.45. The summed E-state index contributed by atoms with van der Waals surface area (Å²) >= 11 is 0. The van der Waals surface area contributed by atoms with Gasteiger partial charge in [0, 0.05) is 19.6 Å². The van der Waals surface area contributed by atoms with Crippen LogP contribution in [0.1, 0.15) is 20.8 Å². The second kappa shape index (κ2) is 10.4. The van der Waals surface area contributed by atoms with Crippen LogP contribution in [0.25, 0.3) is 0 Å². The minimum atomic E-state index is -3.69. The van der Waals surface area contributed by atoms with E-state index in [-0.39, 0.29) is 11.4 Å². The van der Waals surface area contributed by atoms with Crippen molar-refractivity contribution in [3.8, 4) is 0 Å². The average Bonchev–Trinajstić information content (AvgIpc) is 2.71. The molecule has 0 aliphatic carbocycles. The summed E-state index contributed by atoms with van der Waals surface area (Å²) < 4.78 is 54.3. The number of carbonyl (C=O) groups excluding carboxylic acids is 1. The van der Waals surface area contributed by atoms with E-state index in [4.69, 9.17) is 0 Å². The van der Waals surface area contributed by atoms with E-state index >= 15 is 0 Å². The molecule has 0 radical (unpaired) electrons. The number of hydrogen-bond donors (Lipinski definition) is 3. The van der Waals surface area contributed by atoms with E-state index in [0.29, 0.717) is 31.0 Å². The standard InChI is InChI=1S/C20H26F2N4O3S/c1-4-23-17-11-10-14(30(28,29)26(5-2)6-3)12-18(17)24-13-19(27)25-20-15(21)8-7-9-16(20)22/h7-12,23-24H,4-6,13H2,1-3H3,(H,25,27). The molecule has 30 heavy (non-hydrogen) atoms. The van der Waals surface area contributed by atoms with Crippen molar-refractivity contribution >= 4 is 33.0 Å². The fourth-order valence-corrected chi connectivity index (χ4v) is 4.35. The molecule has 3 N–H and O–H groups in total. The zero-order valence-electron chi connectivity index (χ0n) is 17.1. The van der Waals surface area contributed by atoms with Gasteiger partial charge in [0.1, 0.15) is 17.3 Å². The fourth-order valence-electron chi connectivity index (χ4n) is 2.86. The van der Waals surface area contributed by atoms with Crippen LogP contribution < -0.4 is 16.0 Å². The molecule has 0 saturated heterocycles. The Morgan fingerprint density at radius 1 is 0.967 bits per heavy atom. The number of nitrogens with one attached hydrogen (secondary N) is 3. The molecule has 7 nitrogen and oxygen atoms in total. The van der Waals surface area contributed by atoms with Crippen molar-refractivity contribution in [1.82, 2.24) is 4.31 Å². The third-order valence-corrected chi connectivity index (χ3v) is 6.41. The van der Waals surface area contributed by atoms with Crippen LogP contribution >= 0.6 is 0 Å². The number of carbonyl (C=O) groups is 1. The molecular weight excluding hydrogens is 414 g/mol. The quantitative estimate of drug-likeness (QED) is 0.526. The third-order valence-electron chi connectivity index (χ3n) is 4.37. The van der Waals surface area contributed by atoms with Gasteiger partial charge in [-0.2, -0.15) is 4.31 Å². The molecule has 2 aromatic carbocycles. The Hall–Kier alpha value is -2.72. The maximum absolute atomic E-state index is 13.7. The average molecular weight is 441 g/mol. The van der Waals surface area contributed by atoms with Gasteiger partial charge >= 0.3 is 0 Å². The van der Waals surface area contributed by atoms with Crippen LogP contribution in [0.3, 0.4) is 0 Å². The van der Waals surface area contributed by atoms with Crippen LogP contribution in [-0.2, 0) is 14.8 Å². The normalized spacial score (nSPS) is 11.4. The van der Waals surface area contributed by atoms with E-state index < -0.39 is 33.3 Å². The van der Waals surface area contributed by atoms with Crippen molar-refractivity contribution in [2.75, 3.05) is 42.1 Å². The van der Waals surface area contributed by atoms with Crippen LogP contribution in [0.2, 0.25) is 0 Å². The first kappa shape index (κ1) is 23.6. The lowest BCUT2D eigenvalue weighted by atomic mass is 10.2. The van der Waals surface area contributed by atoms with Crippen LogP contribution in [0.5, 0.6) is 0 Å². The second-order valence-corrected chi connectivity index (χ2v) is 8.26. The van der Waals surface area contributed by atoms with Gasteiger partial charge in [0.25, 0.3) is 0 Å². The molecular formula is C20H26F2N4O3S. The number of hydrogen-bond acceptors (Lipinski definition) is 5. The maximum Gasteiger partial charge on any atom is 0.243 e. The van der Waals surface area contributed by atoms with Crippen molar-refractivity contribution in [1.29, 1.82) is 0 Å². The highest BCUT2D eigenvalue weighted by atomic mass is 32.2. The molecule has 0 aliphatic heterocycles. The molecule has 2 aromatic rings. The number of nitrogens with zero attached hydrogens (tertiary/aromatic N) is 1. The molecule has 0 unspecified atom stereocenters. The molecule has 10 heteroatoms. The van der Waals surface area contributed by atoms with Gasteiger partial charge in [-0.05, 0) is 37.3 Å². The number of rotatable bonds is 10. The summed E-state index contributed by atoms with van der Waals surface area (Å²) in [7, 11) is -3.69. The summed E-state index contributed by atoms with van der Waals surface area (Å²) in [6.45, 7) is 6.28. The molecule has 164 valence electrons. The molecule has 0 fully saturated rings. The zero-order valence-corrected chi connectivity index (χ0v) is 17.9. The lowest BCUT2D eigenvalue weighted by molar-refractivity contribution is -0.114. The smallest absolute Gasteiger partial charge is 0.243 e. The molecule has 1 amide bonds. The minimum Gasteiger partial charge on any atom is -0.384 e. The number of anilines is 3. The summed E-state index contributed by atoms with van der Waals surface area (Å²) in [5.74, 6) is -2.45. The Morgan fingerprint density at radius 3 is 2.17 bits per heavy atom. The fraction of sp³-hybridized carbons (Fsp3) is 0.350. The molecule has 0 bridgehead atoms. The van der Waals surface area contributed by atoms with Crippen molar-refractivity contribution in [2.24, 2.45) is 0 Å². The maximum atomic E-state index is 13.7. The molecule has 0 aliphatic rings. The summed E-state index contributed by atoms with van der Waals surface area (Å²) in [6, 6.07) is 7.81. The Kier molecular flexibility index (Phi) is 8.13. The Morgan fingerprint density at radius 2 is 1.60 bits per heavy atom. The summed E-state index contributed by atoms with van der Waals surface area (Å²) in [6.07, 6.45) is 0. The Balaban J connectivity index is 2.23. The lowest BCUT2D eigenvalue weighted by Gasteiger charge is -2.20. The summed E-state index contributed by atoms with van der Waals surface area (Å²) in [5.41, 5.74) is 0.448. The van der Waals surface area contributed by atoms with Crippen LogP contribution in [0.4, 0.5) is 25.8 Å². The molecule has 0 heterocycles. The van der Waals surface area contributed by atoms with E-state index in [9.17, 15) is 22.0 Å². The summed E-state index contributed by atoms with van der Waals surface area (Å²) in [5, 5.41) is 8.11. The molecule has 0 saturated carbocycles. The van der Waals surface area contributed by atoms with Crippen LogP contribution in [0.15, 0.2) is 41.3 Å². The topological polar surface area (TPSA) is 90.5 Å². The van der Waals surface area contributed by atoms with Gasteiger partial charge < -0.3 is 16.0 Å². The molecule has 0 spiro atoms. The van der Waals surface area contributed by atoms with Gasteiger partial charge in [-0.1, -0.05) is 19.9 Å². The van der Waals surface area contributed by atoms with Crippen molar-refractivity contribution in [3.63, 3.8) is 0 Å². The first-order chi connectivity index (χ1) is 14.2. The Bertz CT molecular complexity index is 975. The van der Waals surface area contributed by atoms with E-state index in [1.807, 2.05) is 6.92 Å². The van der Waals surface area contributed by atoms with E-state index in [0.717, 1.165) is 12.1 Å². The Labute approximate surface area is 175 Å². The molecule has 0 aromatic heterocycles. The highest BCUT2D eigenvalue weighted by molar-refractivity contribution is 7.89. The molecule has 0 atom stereocenters. The highest BCUT2D eigenvalue weighted by Crippen LogP contribution is 2.27. The number of benzene rings is 2. The second-order valence-electron chi connectivity index (χ2n) is 6.33. The number of sulfonamides is 1. The predicted molar refractivity (Wildman–Crippen MR) is 114 cm³/mol. The van der Waals surface area contributed by atoms with Gasteiger partial charge in [0.05, 0.1) is 22.8 Å². The number of halogens is 2. The van der Waals surface area contributed by atoms with Gasteiger partial charge in [0.2, 0.25) is 15.9 Å². The lowest BCUT2D eigenvalue weighted by Crippen LogP contribution is -2.30. The molecule has 2 rings (SSSR count). The van der Waals surface area contributed by atoms with Crippen LogP contribution in [-0.4, -0.2) is 44.8 Å². The van der Waals surface area contributed by atoms with Gasteiger partial charge in [-0.25, -0.2) is 17.2 Å². The predicted octanol–water partition coefficient (Wildman–Crippen LogP) is 3.48. The SMILES string of the molecule is CCNc1ccc(S(=O)(=O)N(CC)CC)cc1NCC(=O)Nc1c(F)cccc1F. The first-order valence-electron chi connectivity index (χ1n) is 9.60. The highest BCUT2D eigenvalue weighted by Gasteiger charge is 2.23. The van der Waals surface area contributed by atoms with Crippen molar-refractivity contribution < 1.29 is 22.0 Å². The summed E-state index contributed by atoms with van der Waals surface area (Å²) in [4.78, 5) is 12.3. The number of amides is 1. The van der Waals surface area contributed by atoms with E-state index in [1.54, 1.807) is 19.9 Å². The van der Waals surface area contributed by atoms with Crippen LogP contribution in [0, 0.1) is 11.6 Å². The first-order valence-corrected chi connectivity index (χ1v) is 11.0. The van der Waals surface area contributed by atoms with E-state index in [2.05, 4.69) is 16.0 Å². The largest absolute Gasteiger partial charge is 0.384 e. The van der Waals surface area contributed by atoms with Gasteiger partial charge in [0.15, 0.2) is 0 Å². The van der Waals surface area contributed by atoms with Gasteiger partial charge in [-0.3, -0.25) is 4.79 Å². The number of para-hydroxylation sites is 1. The zero-order chi connectivity index (χ0) is 22.3. The van der Waals surface area contributed by atoms with E-state index in [1.165, 1.54) is 22.5 Å². The monoisotopic (exact) mass is 440 g/mol.